The molecule has 5 amide bonds. The van der Waals surface area contributed by atoms with Gasteiger partial charge in [0.25, 0.3) is 11.8 Å². The molecular weight excluding hydrogens is 704 g/mol. The van der Waals surface area contributed by atoms with Crippen molar-refractivity contribution in [3.05, 3.63) is 71.4 Å². The van der Waals surface area contributed by atoms with Gasteiger partial charge in [-0.05, 0) is 36.8 Å². The molecular formula is C30H27F6N5O10. The Balaban J connectivity index is 0.000000424. The number of nitrogens with zero attached hydrogens (tertiary/aromatic N) is 3. The number of fused-ring (bicyclic) bond motifs is 1. The number of aromatic nitrogens is 1. The third-order valence-corrected chi connectivity index (χ3v) is 7.22. The molecule has 0 unspecified atom stereocenters. The summed E-state index contributed by atoms with van der Waals surface area (Å²) in [5.74, 6) is -6.55. The molecule has 5 rings (SSSR count). The number of halogens is 6. The fourth-order valence-corrected chi connectivity index (χ4v) is 4.95. The highest BCUT2D eigenvalue weighted by molar-refractivity contribution is 6.22. The maximum atomic E-state index is 13.2. The molecule has 2 fully saturated rings. The summed E-state index contributed by atoms with van der Waals surface area (Å²) in [5.41, 5.74) is 1.25. The van der Waals surface area contributed by atoms with Gasteiger partial charge in [0.2, 0.25) is 5.54 Å². The van der Waals surface area contributed by atoms with Crippen LogP contribution < -0.4 is 15.4 Å². The fourth-order valence-electron chi connectivity index (χ4n) is 4.95. The Kier molecular flexibility index (Phi) is 12.1. The second kappa shape index (κ2) is 15.7. The van der Waals surface area contributed by atoms with Crippen molar-refractivity contribution >= 4 is 46.8 Å². The molecule has 0 aliphatic carbocycles. The van der Waals surface area contributed by atoms with Gasteiger partial charge in [0, 0.05) is 42.8 Å². The third kappa shape index (κ3) is 9.59. The first-order chi connectivity index (χ1) is 23.7. The van der Waals surface area contributed by atoms with Crippen molar-refractivity contribution < 1.29 is 75.2 Å². The molecule has 0 atom stereocenters. The summed E-state index contributed by atoms with van der Waals surface area (Å²) in [6.45, 7) is 2.72. The number of urea groups is 1. The molecule has 3 aromatic rings. The number of barbiturate groups is 1. The monoisotopic (exact) mass is 731 g/mol. The SMILES string of the molecule is Cc1cc(COc2ccc(C3(N4CCN(C(=O)O)CC4)C(=O)NC(=O)NC3=O)cc2)c2ccccc2n1.O=C(O)C(F)(F)F.O=C(O)C(F)(F)F. The standard InChI is InChI=1S/C26H25N5O6.2C2HF3O2/c1-16-14-17(20-4-2-3-5-21(20)27-16)15-37-19-8-6-18(7-9-19)26(22(32)28-24(34)29-23(26)33)31-12-10-30(11-13-31)25(35)36;2*3-2(4,5)1(6)7/h2-9,14H,10-13,15H2,1H3,(H,35,36)(H2,28,29,32,33,34);2*(H,6,7). The van der Waals surface area contributed by atoms with Crippen LogP contribution in [-0.2, 0) is 31.3 Å². The minimum absolute atomic E-state index is 0.117. The first-order valence-electron chi connectivity index (χ1n) is 14.3. The van der Waals surface area contributed by atoms with E-state index in [0.29, 0.717) is 17.9 Å². The van der Waals surface area contributed by atoms with Gasteiger partial charge in [0.1, 0.15) is 12.4 Å². The molecule has 0 bridgehead atoms. The van der Waals surface area contributed by atoms with E-state index in [-0.39, 0.29) is 26.2 Å². The van der Waals surface area contributed by atoms with E-state index in [1.54, 1.807) is 29.2 Å². The number of pyridine rings is 1. The highest BCUT2D eigenvalue weighted by Crippen LogP contribution is 2.34. The lowest BCUT2D eigenvalue weighted by molar-refractivity contribution is -0.193. The van der Waals surface area contributed by atoms with E-state index in [1.165, 1.54) is 4.90 Å². The third-order valence-electron chi connectivity index (χ3n) is 7.22. The van der Waals surface area contributed by atoms with E-state index in [4.69, 9.17) is 24.5 Å². The zero-order valence-electron chi connectivity index (χ0n) is 26.0. The Morgan fingerprint density at radius 2 is 1.31 bits per heavy atom. The van der Waals surface area contributed by atoms with E-state index in [0.717, 1.165) is 22.2 Å². The van der Waals surface area contributed by atoms with Crippen LogP contribution in [0.1, 0.15) is 16.8 Å². The van der Waals surface area contributed by atoms with Gasteiger partial charge in [-0.2, -0.15) is 26.3 Å². The zero-order chi connectivity index (χ0) is 38.3. The van der Waals surface area contributed by atoms with Crippen molar-refractivity contribution in [2.45, 2.75) is 31.4 Å². The predicted octanol–water partition coefficient (Wildman–Crippen LogP) is 3.25. The zero-order valence-corrected chi connectivity index (χ0v) is 26.0. The molecule has 15 nitrogen and oxygen atoms in total. The quantitative estimate of drug-likeness (QED) is 0.189. The number of carbonyl (C=O) groups is 6. The molecule has 274 valence electrons. The van der Waals surface area contributed by atoms with Crippen molar-refractivity contribution in [3.8, 4) is 5.75 Å². The van der Waals surface area contributed by atoms with Gasteiger partial charge in [-0.1, -0.05) is 30.3 Å². The maximum absolute atomic E-state index is 13.2. The van der Waals surface area contributed by atoms with Gasteiger partial charge in [0.05, 0.1) is 5.52 Å². The second-order valence-electron chi connectivity index (χ2n) is 10.6. The average Bonchev–Trinajstić information content (AvgIpc) is 3.04. The smallest absolute Gasteiger partial charge is 0.489 e. The number of aliphatic carboxylic acids is 2. The van der Waals surface area contributed by atoms with Gasteiger partial charge in [-0.3, -0.25) is 30.1 Å². The number of carbonyl (C=O) groups excluding carboxylic acids is 3. The Morgan fingerprint density at radius 3 is 1.78 bits per heavy atom. The molecule has 51 heavy (non-hydrogen) atoms. The van der Waals surface area contributed by atoms with Gasteiger partial charge in [-0.25, -0.2) is 19.2 Å². The van der Waals surface area contributed by atoms with E-state index in [2.05, 4.69) is 15.6 Å². The largest absolute Gasteiger partial charge is 0.490 e. The van der Waals surface area contributed by atoms with E-state index >= 15 is 0 Å². The van der Waals surface area contributed by atoms with Crippen LogP contribution in [0.5, 0.6) is 5.75 Å². The van der Waals surface area contributed by atoms with Gasteiger partial charge in [-0.15, -0.1) is 0 Å². The predicted molar refractivity (Wildman–Crippen MR) is 159 cm³/mol. The van der Waals surface area contributed by atoms with Gasteiger partial charge in [0.15, 0.2) is 0 Å². The highest BCUT2D eigenvalue weighted by atomic mass is 19.4. The van der Waals surface area contributed by atoms with Crippen LogP contribution in [0.15, 0.2) is 54.6 Å². The highest BCUT2D eigenvalue weighted by Gasteiger charge is 2.56. The van der Waals surface area contributed by atoms with Gasteiger partial charge >= 0.3 is 36.4 Å². The van der Waals surface area contributed by atoms with Crippen molar-refractivity contribution in [1.29, 1.82) is 0 Å². The lowest BCUT2D eigenvalue weighted by atomic mass is 9.84. The van der Waals surface area contributed by atoms with Crippen LogP contribution in [0.4, 0.5) is 35.9 Å². The van der Waals surface area contributed by atoms with Crippen LogP contribution in [0.3, 0.4) is 0 Å². The Hall–Kier alpha value is -5.99. The first-order valence-corrected chi connectivity index (χ1v) is 14.3. The van der Waals surface area contributed by atoms with Crippen molar-refractivity contribution in [2.75, 3.05) is 26.2 Å². The lowest BCUT2D eigenvalue weighted by Crippen LogP contribution is -2.73. The molecule has 2 aromatic carbocycles. The summed E-state index contributed by atoms with van der Waals surface area (Å²) >= 11 is 0. The molecule has 3 heterocycles. The topological polar surface area (TPSA) is 216 Å². The first kappa shape index (κ1) is 39.4. The minimum atomic E-state index is -5.08. The number of rotatable bonds is 5. The number of benzene rings is 2. The summed E-state index contributed by atoms with van der Waals surface area (Å²) in [4.78, 5) is 74.7. The number of hydrogen-bond donors (Lipinski definition) is 5. The fraction of sp³-hybridized carbons (Fsp3) is 0.300. The summed E-state index contributed by atoms with van der Waals surface area (Å²) < 4.78 is 69.5. The Morgan fingerprint density at radius 1 is 0.824 bits per heavy atom. The number of aryl methyl sites for hydroxylation is 1. The number of nitrogens with one attached hydrogen (secondary N) is 2. The maximum Gasteiger partial charge on any atom is 0.490 e. The summed E-state index contributed by atoms with van der Waals surface area (Å²) in [7, 11) is 0. The number of carboxylic acid groups (broad SMARTS) is 3. The van der Waals surface area contributed by atoms with Crippen LogP contribution >= 0.6 is 0 Å². The van der Waals surface area contributed by atoms with E-state index in [1.807, 2.05) is 37.3 Å². The molecule has 0 radical (unpaired) electrons. The van der Waals surface area contributed by atoms with Crippen molar-refractivity contribution in [3.63, 3.8) is 0 Å². The molecule has 2 aliphatic heterocycles. The molecule has 5 N–H and O–H groups in total. The number of amides is 5. The molecule has 0 spiro atoms. The van der Waals surface area contributed by atoms with Gasteiger partial charge < -0.3 is 25.0 Å². The van der Waals surface area contributed by atoms with Crippen LogP contribution in [0.25, 0.3) is 10.9 Å². The second-order valence-corrected chi connectivity index (χ2v) is 10.6. The van der Waals surface area contributed by atoms with Crippen molar-refractivity contribution in [1.82, 2.24) is 25.4 Å². The number of carboxylic acids is 2. The summed E-state index contributed by atoms with van der Waals surface area (Å²) in [5, 5.41) is 28.9. The van der Waals surface area contributed by atoms with Crippen LogP contribution in [-0.4, -0.2) is 105 Å². The number of hydrogen-bond acceptors (Lipinski definition) is 9. The average molecular weight is 732 g/mol. The summed E-state index contributed by atoms with van der Waals surface area (Å²) in [6.07, 6.45) is -11.2. The minimum Gasteiger partial charge on any atom is -0.489 e. The van der Waals surface area contributed by atoms with E-state index < -0.39 is 53.8 Å². The number of piperazine rings is 1. The molecule has 21 heteroatoms. The number of alkyl halides is 6. The normalized spacial score (nSPS) is 16.1. The lowest BCUT2D eigenvalue weighted by Gasteiger charge is -2.46. The Bertz CT molecular complexity index is 1770. The molecule has 0 saturated carbocycles. The number of imide groups is 2. The molecule has 2 aliphatic rings. The van der Waals surface area contributed by atoms with Crippen molar-refractivity contribution in [2.24, 2.45) is 0 Å². The molecule has 1 aromatic heterocycles. The van der Waals surface area contributed by atoms with Crippen LogP contribution in [0, 0.1) is 6.92 Å². The number of ether oxygens (including phenoxy) is 1. The van der Waals surface area contributed by atoms with E-state index in [9.17, 15) is 50.6 Å². The van der Waals surface area contributed by atoms with Crippen LogP contribution in [0.2, 0.25) is 0 Å². The summed E-state index contributed by atoms with van der Waals surface area (Å²) in [6, 6.07) is 15.4. The molecule has 2 saturated heterocycles. The Labute approximate surface area is 282 Å². The number of para-hydroxylation sites is 1.